The van der Waals surface area contributed by atoms with Crippen molar-refractivity contribution < 1.29 is 4.74 Å². The van der Waals surface area contributed by atoms with E-state index in [2.05, 4.69) is 34.4 Å². The number of nitrogens with zero attached hydrogens (tertiary/aromatic N) is 4. The summed E-state index contributed by atoms with van der Waals surface area (Å²) in [5.41, 5.74) is 0.985. The summed E-state index contributed by atoms with van der Waals surface area (Å²) in [4.78, 5) is 2.49. The molecule has 0 atom stereocenters. The molecule has 0 amide bonds. The van der Waals surface area contributed by atoms with Crippen molar-refractivity contribution in [1.29, 1.82) is 0 Å². The predicted molar refractivity (Wildman–Crippen MR) is 80.6 cm³/mol. The van der Waals surface area contributed by atoms with E-state index in [-0.39, 0.29) is 0 Å². The molecule has 6 nitrogen and oxygen atoms in total. The average molecular weight is 283 g/mol. The van der Waals surface area contributed by atoms with Gasteiger partial charge in [-0.3, -0.25) is 9.58 Å². The number of rotatable bonds is 11. The van der Waals surface area contributed by atoms with Crippen LogP contribution in [0.5, 0.6) is 0 Å². The number of hydrogen-bond donors (Lipinski definition) is 1. The topological polar surface area (TPSA) is 55.2 Å². The monoisotopic (exact) mass is 283 g/mol. The molecule has 1 N–H and O–H groups in total. The van der Waals surface area contributed by atoms with Crippen LogP contribution >= 0.6 is 0 Å². The molecule has 1 aromatic rings. The maximum atomic E-state index is 5.21. The molecule has 1 heterocycles. The van der Waals surface area contributed by atoms with Gasteiger partial charge >= 0.3 is 0 Å². The molecular formula is C14H29N5O. The van der Waals surface area contributed by atoms with Gasteiger partial charge in [-0.05, 0) is 19.9 Å². The number of ether oxygens (including phenoxy) is 1. The van der Waals surface area contributed by atoms with Gasteiger partial charge in [0, 0.05) is 39.0 Å². The van der Waals surface area contributed by atoms with Crippen LogP contribution in [0, 0.1) is 0 Å². The standard InChI is InChI=1S/C14H29N5O/c1-5-14(6-2)18(9-10-20-4)7-8-19-12-13(11-15-3)16-17-19/h12,14-15H,5-11H2,1-4H3. The smallest absolute Gasteiger partial charge is 0.0964 e. The molecule has 0 aliphatic rings. The summed E-state index contributed by atoms with van der Waals surface area (Å²) in [6.07, 6.45) is 4.35. The van der Waals surface area contributed by atoms with E-state index in [0.29, 0.717) is 6.04 Å². The summed E-state index contributed by atoms with van der Waals surface area (Å²) in [7, 11) is 3.67. The number of methoxy groups -OCH3 is 1. The third-order valence-corrected chi connectivity index (χ3v) is 3.60. The summed E-state index contributed by atoms with van der Waals surface area (Å²) < 4.78 is 7.14. The lowest BCUT2D eigenvalue weighted by molar-refractivity contribution is 0.111. The Bertz CT molecular complexity index is 351. The Hall–Kier alpha value is -0.980. The van der Waals surface area contributed by atoms with E-state index in [1.807, 2.05) is 17.9 Å². The first-order valence-electron chi connectivity index (χ1n) is 7.51. The van der Waals surface area contributed by atoms with E-state index < -0.39 is 0 Å². The third kappa shape index (κ3) is 5.56. The molecule has 0 unspecified atom stereocenters. The molecule has 0 saturated carbocycles. The highest BCUT2D eigenvalue weighted by atomic mass is 16.5. The van der Waals surface area contributed by atoms with Crippen molar-refractivity contribution in [2.24, 2.45) is 0 Å². The zero-order valence-electron chi connectivity index (χ0n) is 13.3. The van der Waals surface area contributed by atoms with Crippen LogP contribution in [0.1, 0.15) is 32.4 Å². The van der Waals surface area contributed by atoms with Gasteiger partial charge in [-0.25, -0.2) is 0 Å². The zero-order chi connectivity index (χ0) is 14.8. The normalized spacial score (nSPS) is 11.7. The Morgan fingerprint density at radius 2 is 2.10 bits per heavy atom. The fraction of sp³-hybridized carbons (Fsp3) is 0.857. The Kier molecular flexibility index (Phi) is 8.41. The molecule has 0 bridgehead atoms. The molecule has 6 heteroatoms. The molecular weight excluding hydrogens is 254 g/mol. The molecule has 0 fully saturated rings. The molecule has 0 aliphatic carbocycles. The van der Waals surface area contributed by atoms with Gasteiger partial charge in [0.2, 0.25) is 0 Å². The molecule has 0 saturated heterocycles. The van der Waals surface area contributed by atoms with Crippen LogP contribution in [0.4, 0.5) is 0 Å². The Labute approximate surface area is 122 Å². The van der Waals surface area contributed by atoms with Gasteiger partial charge in [-0.2, -0.15) is 0 Å². The summed E-state index contributed by atoms with van der Waals surface area (Å²) in [5.74, 6) is 0. The van der Waals surface area contributed by atoms with E-state index in [4.69, 9.17) is 4.74 Å². The first-order chi connectivity index (χ1) is 9.74. The van der Waals surface area contributed by atoms with Crippen molar-refractivity contribution in [3.63, 3.8) is 0 Å². The second-order valence-electron chi connectivity index (χ2n) is 5.00. The van der Waals surface area contributed by atoms with Crippen molar-refractivity contribution in [3.8, 4) is 0 Å². The van der Waals surface area contributed by atoms with Crippen molar-refractivity contribution in [1.82, 2.24) is 25.2 Å². The molecule has 1 rings (SSSR count). The minimum Gasteiger partial charge on any atom is -0.383 e. The van der Waals surface area contributed by atoms with Crippen LogP contribution < -0.4 is 5.32 Å². The quantitative estimate of drug-likeness (QED) is 0.660. The molecule has 1 aromatic heterocycles. The van der Waals surface area contributed by atoms with Crippen LogP contribution in [-0.4, -0.2) is 59.8 Å². The van der Waals surface area contributed by atoms with E-state index >= 15 is 0 Å². The van der Waals surface area contributed by atoms with Gasteiger partial charge in [0.25, 0.3) is 0 Å². The van der Waals surface area contributed by atoms with E-state index in [1.54, 1.807) is 7.11 Å². The van der Waals surface area contributed by atoms with Crippen LogP contribution in [-0.2, 0) is 17.8 Å². The number of nitrogens with one attached hydrogen (secondary N) is 1. The fourth-order valence-electron chi connectivity index (χ4n) is 2.43. The summed E-state index contributed by atoms with van der Waals surface area (Å²) >= 11 is 0. The highest BCUT2D eigenvalue weighted by Crippen LogP contribution is 2.08. The summed E-state index contributed by atoms with van der Waals surface area (Å²) in [6, 6.07) is 0.616. The summed E-state index contributed by atoms with van der Waals surface area (Å²) in [6.45, 7) is 8.86. The predicted octanol–water partition coefficient (Wildman–Crippen LogP) is 1.13. The van der Waals surface area contributed by atoms with Crippen LogP contribution in [0.25, 0.3) is 0 Å². The highest BCUT2D eigenvalue weighted by Gasteiger charge is 2.14. The van der Waals surface area contributed by atoms with Gasteiger partial charge in [-0.1, -0.05) is 19.1 Å². The van der Waals surface area contributed by atoms with Crippen molar-refractivity contribution in [3.05, 3.63) is 11.9 Å². The van der Waals surface area contributed by atoms with E-state index in [9.17, 15) is 0 Å². The average Bonchev–Trinajstić information content (AvgIpc) is 2.90. The molecule has 0 aliphatic heterocycles. The van der Waals surface area contributed by atoms with Gasteiger partial charge in [-0.15, -0.1) is 5.10 Å². The Morgan fingerprint density at radius 1 is 1.35 bits per heavy atom. The molecule has 0 spiro atoms. The van der Waals surface area contributed by atoms with Gasteiger partial charge in [0.15, 0.2) is 0 Å². The van der Waals surface area contributed by atoms with Crippen molar-refractivity contribution in [2.75, 3.05) is 33.9 Å². The molecule has 0 radical (unpaired) electrons. The lowest BCUT2D eigenvalue weighted by Crippen LogP contribution is -2.39. The zero-order valence-corrected chi connectivity index (χ0v) is 13.3. The lowest BCUT2D eigenvalue weighted by Gasteiger charge is -2.30. The lowest BCUT2D eigenvalue weighted by atomic mass is 10.1. The van der Waals surface area contributed by atoms with E-state index in [1.165, 1.54) is 12.8 Å². The molecule has 0 aromatic carbocycles. The minimum absolute atomic E-state index is 0.616. The summed E-state index contributed by atoms with van der Waals surface area (Å²) in [5, 5.41) is 11.4. The maximum absolute atomic E-state index is 5.21. The number of hydrogen-bond acceptors (Lipinski definition) is 5. The van der Waals surface area contributed by atoms with Crippen molar-refractivity contribution >= 4 is 0 Å². The second-order valence-corrected chi connectivity index (χ2v) is 5.00. The van der Waals surface area contributed by atoms with E-state index in [0.717, 1.165) is 38.5 Å². The minimum atomic E-state index is 0.616. The van der Waals surface area contributed by atoms with Gasteiger partial charge in [0.1, 0.15) is 0 Å². The van der Waals surface area contributed by atoms with Gasteiger partial charge in [0.05, 0.1) is 18.8 Å². The Balaban J connectivity index is 2.50. The fourth-order valence-corrected chi connectivity index (χ4v) is 2.43. The van der Waals surface area contributed by atoms with Crippen LogP contribution in [0.15, 0.2) is 6.20 Å². The third-order valence-electron chi connectivity index (χ3n) is 3.60. The van der Waals surface area contributed by atoms with Gasteiger partial charge < -0.3 is 10.1 Å². The Morgan fingerprint density at radius 3 is 2.70 bits per heavy atom. The largest absolute Gasteiger partial charge is 0.383 e. The second kappa shape index (κ2) is 9.85. The van der Waals surface area contributed by atoms with Crippen LogP contribution in [0.2, 0.25) is 0 Å². The highest BCUT2D eigenvalue weighted by molar-refractivity contribution is 4.91. The maximum Gasteiger partial charge on any atom is 0.0964 e. The number of aromatic nitrogens is 3. The SMILES string of the molecule is CCC(CC)N(CCOC)CCn1cc(CNC)nn1. The first-order valence-corrected chi connectivity index (χ1v) is 7.51. The molecule has 116 valence electrons. The first kappa shape index (κ1) is 17.1. The molecule has 20 heavy (non-hydrogen) atoms. The van der Waals surface area contributed by atoms with Crippen molar-refractivity contribution in [2.45, 2.75) is 45.8 Å². The van der Waals surface area contributed by atoms with Crippen LogP contribution in [0.3, 0.4) is 0 Å².